The van der Waals surface area contributed by atoms with Crippen LogP contribution in [0.4, 0.5) is 0 Å². The smallest absolute Gasteiger partial charge is 0.250 e. The van der Waals surface area contributed by atoms with Crippen LogP contribution in [0.3, 0.4) is 0 Å². The molecule has 0 aliphatic carbocycles. The van der Waals surface area contributed by atoms with Gasteiger partial charge in [0.25, 0.3) is 10.0 Å². The van der Waals surface area contributed by atoms with Crippen LogP contribution in [-0.4, -0.2) is 61.2 Å². The molecule has 1 N–H and O–H groups in total. The van der Waals surface area contributed by atoms with E-state index in [9.17, 15) is 18.0 Å². The fraction of sp³-hybridized carbons (Fsp3) is 0.524. The molecule has 2 aliphatic rings. The van der Waals surface area contributed by atoms with E-state index in [1.807, 2.05) is 18.7 Å². The minimum absolute atomic E-state index is 0.00682. The molecular formula is C21H26ClN3O4S2. The third kappa shape index (κ3) is 4.60. The number of piperidine rings is 1. The molecule has 0 radical (unpaired) electrons. The summed E-state index contributed by atoms with van der Waals surface area (Å²) in [5.41, 5.74) is 0. The summed E-state index contributed by atoms with van der Waals surface area (Å²) < 4.78 is 29.4. The van der Waals surface area contributed by atoms with E-state index in [1.165, 1.54) is 4.90 Å². The Balaban J connectivity index is 1.46. The highest BCUT2D eigenvalue weighted by atomic mass is 35.5. The SMILES string of the molecule is CC1CCC(C)N1C(=O)CN1CCCC(NS(=O)(=O)c2cc3ccc(Cl)cc3s2)C1=O. The zero-order valence-corrected chi connectivity index (χ0v) is 19.9. The number of carbonyl (C=O) groups is 2. The number of halogens is 1. The standard InChI is InChI=1S/C21H26ClN3O4S2/c1-13-5-6-14(2)25(13)19(26)12-24-9-3-4-17(21(24)27)23-31(28,29)20-10-15-7-8-16(22)11-18(15)30-20/h7-8,10-11,13-14,17,23H,3-6,9,12H2,1-2H3. The highest BCUT2D eigenvalue weighted by Crippen LogP contribution is 2.31. The van der Waals surface area contributed by atoms with E-state index < -0.39 is 16.1 Å². The lowest BCUT2D eigenvalue weighted by Gasteiger charge is -2.34. The number of sulfonamides is 1. The van der Waals surface area contributed by atoms with E-state index in [0.29, 0.717) is 24.4 Å². The summed E-state index contributed by atoms with van der Waals surface area (Å²) >= 11 is 7.12. The topological polar surface area (TPSA) is 86.8 Å². The number of nitrogens with one attached hydrogen (secondary N) is 1. The average molecular weight is 484 g/mol. The van der Waals surface area contributed by atoms with E-state index >= 15 is 0 Å². The van der Waals surface area contributed by atoms with Crippen LogP contribution < -0.4 is 4.72 Å². The number of hydrogen-bond donors (Lipinski definition) is 1. The number of thiophene rings is 1. The molecule has 3 atom stereocenters. The van der Waals surface area contributed by atoms with Gasteiger partial charge in [0.2, 0.25) is 11.8 Å². The first kappa shape index (κ1) is 22.5. The molecule has 31 heavy (non-hydrogen) atoms. The first-order valence-corrected chi connectivity index (χ1v) is 13.1. The third-order valence-electron chi connectivity index (χ3n) is 6.12. The summed E-state index contributed by atoms with van der Waals surface area (Å²) in [5, 5.41) is 1.32. The molecular weight excluding hydrogens is 458 g/mol. The Hall–Kier alpha value is -1.68. The summed E-state index contributed by atoms with van der Waals surface area (Å²) in [6.45, 7) is 4.50. The van der Waals surface area contributed by atoms with Crippen LogP contribution >= 0.6 is 22.9 Å². The summed E-state index contributed by atoms with van der Waals surface area (Å²) in [6, 6.07) is 6.25. The van der Waals surface area contributed by atoms with Crippen LogP contribution in [0.25, 0.3) is 10.1 Å². The highest BCUT2D eigenvalue weighted by Gasteiger charge is 2.37. The molecule has 3 unspecified atom stereocenters. The molecule has 0 bridgehead atoms. The van der Waals surface area contributed by atoms with E-state index in [1.54, 1.807) is 24.3 Å². The van der Waals surface area contributed by atoms with Gasteiger partial charge in [-0.15, -0.1) is 11.3 Å². The van der Waals surface area contributed by atoms with Gasteiger partial charge >= 0.3 is 0 Å². The maximum absolute atomic E-state index is 13.0. The number of benzene rings is 1. The van der Waals surface area contributed by atoms with Crippen molar-refractivity contribution in [1.82, 2.24) is 14.5 Å². The fourth-order valence-corrected chi connectivity index (χ4v) is 7.41. The fourth-order valence-electron chi connectivity index (χ4n) is 4.50. The lowest BCUT2D eigenvalue weighted by atomic mass is 10.1. The lowest BCUT2D eigenvalue weighted by Crippen LogP contribution is -2.55. The number of likely N-dealkylation sites (tertiary alicyclic amines) is 2. The zero-order valence-electron chi connectivity index (χ0n) is 17.5. The molecule has 2 fully saturated rings. The predicted molar refractivity (Wildman–Crippen MR) is 122 cm³/mol. The van der Waals surface area contributed by atoms with E-state index in [-0.39, 0.29) is 34.7 Å². The molecule has 3 heterocycles. The van der Waals surface area contributed by atoms with Crippen LogP contribution in [0.15, 0.2) is 28.5 Å². The normalized spacial score (nSPS) is 24.9. The van der Waals surface area contributed by atoms with Crippen molar-refractivity contribution in [3.05, 3.63) is 29.3 Å². The maximum atomic E-state index is 13.0. The van der Waals surface area contributed by atoms with E-state index in [0.717, 1.165) is 34.3 Å². The van der Waals surface area contributed by atoms with Crippen molar-refractivity contribution in [3.8, 4) is 0 Å². The Morgan fingerprint density at radius 3 is 2.61 bits per heavy atom. The number of nitrogens with zero attached hydrogens (tertiary/aromatic N) is 2. The van der Waals surface area contributed by atoms with Gasteiger partial charge in [0.05, 0.1) is 6.54 Å². The molecule has 168 valence electrons. The molecule has 0 saturated carbocycles. The Labute approximate surface area is 191 Å². The Morgan fingerprint density at radius 2 is 1.90 bits per heavy atom. The van der Waals surface area contributed by atoms with Crippen molar-refractivity contribution in [2.45, 2.75) is 61.9 Å². The van der Waals surface area contributed by atoms with Crippen molar-refractivity contribution in [2.75, 3.05) is 13.1 Å². The second-order valence-electron chi connectivity index (χ2n) is 8.40. The molecule has 1 aromatic heterocycles. The van der Waals surface area contributed by atoms with Gasteiger partial charge in [-0.3, -0.25) is 9.59 Å². The van der Waals surface area contributed by atoms with Crippen LogP contribution in [0.1, 0.15) is 39.5 Å². The first-order valence-electron chi connectivity index (χ1n) is 10.5. The van der Waals surface area contributed by atoms with E-state index in [4.69, 9.17) is 11.6 Å². The summed E-state index contributed by atoms with van der Waals surface area (Å²) in [7, 11) is -3.87. The number of fused-ring (bicyclic) bond motifs is 1. The van der Waals surface area contributed by atoms with Crippen molar-refractivity contribution < 1.29 is 18.0 Å². The molecule has 2 aromatic rings. The van der Waals surface area contributed by atoms with Gasteiger partial charge in [0, 0.05) is 28.4 Å². The first-order chi connectivity index (χ1) is 14.7. The molecule has 0 spiro atoms. The molecule has 10 heteroatoms. The quantitative estimate of drug-likeness (QED) is 0.707. The minimum Gasteiger partial charge on any atom is -0.336 e. The number of rotatable bonds is 5. The van der Waals surface area contributed by atoms with E-state index in [2.05, 4.69) is 4.72 Å². The van der Waals surface area contributed by atoms with Gasteiger partial charge in [-0.2, -0.15) is 4.72 Å². The van der Waals surface area contributed by atoms with Gasteiger partial charge in [0.15, 0.2) is 0 Å². The van der Waals surface area contributed by atoms with Crippen molar-refractivity contribution in [2.24, 2.45) is 0 Å². The van der Waals surface area contributed by atoms with Crippen molar-refractivity contribution in [1.29, 1.82) is 0 Å². The molecule has 2 aliphatic heterocycles. The third-order valence-corrected chi connectivity index (χ3v) is 9.40. The number of amides is 2. The molecule has 4 rings (SSSR count). The number of hydrogen-bond acceptors (Lipinski definition) is 5. The molecule has 7 nitrogen and oxygen atoms in total. The molecule has 1 aromatic carbocycles. The predicted octanol–water partition coefficient (Wildman–Crippen LogP) is 3.22. The van der Waals surface area contributed by atoms with Gasteiger partial charge in [0.1, 0.15) is 10.3 Å². The second-order valence-corrected chi connectivity index (χ2v) is 11.9. The Kier molecular flexibility index (Phi) is 6.31. The van der Waals surface area contributed by atoms with Crippen molar-refractivity contribution >= 4 is 54.9 Å². The Bertz CT molecular complexity index is 1110. The monoisotopic (exact) mass is 483 g/mol. The second kappa shape index (κ2) is 8.69. The van der Waals surface area contributed by atoms with Crippen LogP contribution in [0, 0.1) is 0 Å². The average Bonchev–Trinajstić information content (AvgIpc) is 3.28. The zero-order chi connectivity index (χ0) is 22.3. The van der Waals surface area contributed by atoms with Gasteiger partial charge in [-0.25, -0.2) is 8.42 Å². The van der Waals surface area contributed by atoms with Crippen molar-refractivity contribution in [3.63, 3.8) is 0 Å². The summed E-state index contributed by atoms with van der Waals surface area (Å²) in [4.78, 5) is 29.1. The van der Waals surface area contributed by atoms with Crippen LogP contribution in [-0.2, 0) is 19.6 Å². The number of carbonyl (C=O) groups excluding carboxylic acids is 2. The van der Waals surface area contributed by atoms with Crippen LogP contribution in [0.5, 0.6) is 0 Å². The van der Waals surface area contributed by atoms with Gasteiger partial charge in [-0.1, -0.05) is 17.7 Å². The summed E-state index contributed by atoms with van der Waals surface area (Å²) in [6.07, 6.45) is 2.97. The minimum atomic E-state index is -3.87. The largest absolute Gasteiger partial charge is 0.336 e. The maximum Gasteiger partial charge on any atom is 0.250 e. The Morgan fingerprint density at radius 1 is 1.19 bits per heavy atom. The lowest BCUT2D eigenvalue weighted by molar-refractivity contribution is -0.144. The summed E-state index contributed by atoms with van der Waals surface area (Å²) in [5.74, 6) is -0.414. The van der Waals surface area contributed by atoms with Gasteiger partial charge in [-0.05, 0) is 63.1 Å². The van der Waals surface area contributed by atoms with Crippen LogP contribution in [0.2, 0.25) is 5.02 Å². The highest BCUT2D eigenvalue weighted by molar-refractivity contribution is 7.91. The van der Waals surface area contributed by atoms with Gasteiger partial charge < -0.3 is 9.80 Å². The molecule has 2 saturated heterocycles. The molecule has 2 amide bonds.